The lowest BCUT2D eigenvalue weighted by atomic mass is 9.88. The lowest BCUT2D eigenvalue weighted by molar-refractivity contribution is 0.164. The zero-order valence-corrected chi connectivity index (χ0v) is 11.8. The van der Waals surface area contributed by atoms with E-state index >= 15 is 0 Å². The molecule has 0 heterocycles. The van der Waals surface area contributed by atoms with Gasteiger partial charge in [0.1, 0.15) is 0 Å². The molecule has 2 rings (SSSR count). The van der Waals surface area contributed by atoms with Crippen molar-refractivity contribution >= 4 is 0 Å². The van der Waals surface area contributed by atoms with Gasteiger partial charge in [0, 0.05) is 18.6 Å². The molecule has 2 atom stereocenters. The molecule has 2 heteroatoms. The second-order valence-corrected chi connectivity index (χ2v) is 6.11. The fourth-order valence-corrected chi connectivity index (χ4v) is 3.88. The normalized spacial score (nSPS) is 31.2. The fourth-order valence-electron chi connectivity index (χ4n) is 3.88. The molecule has 2 saturated carbocycles. The van der Waals surface area contributed by atoms with Gasteiger partial charge >= 0.3 is 0 Å². The smallest absolute Gasteiger partial charge is 0.0246 e. The Morgan fingerprint density at radius 1 is 1.00 bits per heavy atom. The molecular weight excluding hydrogens is 208 g/mol. The van der Waals surface area contributed by atoms with E-state index in [0.29, 0.717) is 0 Å². The minimum atomic E-state index is 0.758. The first-order valence-electron chi connectivity index (χ1n) is 7.75. The van der Waals surface area contributed by atoms with Crippen LogP contribution in [0.2, 0.25) is 0 Å². The van der Waals surface area contributed by atoms with Crippen LogP contribution in [0.1, 0.15) is 58.3 Å². The van der Waals surface area contributed by atoms with Gasteiger partial charge in [0.25, 0.3) is 0 Å². The molecular formula is C15H30N2. The van der Waals surface area contributed by atoms with Crippen molar-refractivity contribution in [2.24, 2.45) is 5.92 Å². The Labute approximate surface area is 107 Å². The van der Waals surface area contributed by atoms with Crippen molar-refractivity contribution in [2.75, 3.05) is 20.1 Å². The van der Waals surface area contributed by atoms with Crippen LogP contribution in [0.25, 0.3) is 0 Å². The molecule has 2 nitrogen and oxygen atoms in total. The van der Waals surface area contributed by atoms with Crippen LogP contribution in [-0.4, -0.2) is 37.1 Å². The molecule has 0 aliphatic heterocycles. The molecule has 17 heavy (non-hydrogen) atoms. The van der Waals surface area contributed by atoms with E-state index in [1.54, 1.807) is 0 Å². The number of rotatable bonds is 5. The van der Waals surface area contributed by atoms with E-state index in [1.807, 2.05) is 0 Å². The summed E-state index contributed by atoms with van der Waals surface area (Å²) in [5.74, 6) is 0.983. The second kappa shape index (κ2) is 6.75. The van der Waals surface area contributed by atoms with Crippen LogP contribution in [0.15, 0.2) is 0 Å². The predicted octanol–water partition coefficient (Wildman–Crippen LogP) is 3.03. The van der Waals surface area contributed by atoms with Crippen LogP contribution in [0.3, 0.4) is 0 Å². The molecule has 0 saturated heterocycles. The third-order valence-electron chi connectivity index (χ3n) is 4.78. The average Bonchev–Trinajstić information content (AvgIpc) is 2.79. The molecule has 2 fully saturated rings. The quantitative estimate of drug-likeness (QED) is 0.792. The Morgan fingerprint density at radius 2 is 1.76 bits per heavy atom. The Morgan fingerprint density at radius 3 is 2.47 bits per heavy atom. The van der Waals surface area contributed by atoms with E-state index in [9.17, 15) is 0 Å². The fraction of sp³-hybridized carbons (Fsp3) is 1.00. The second-order valence-electron chi connectivity index (χ2n) is 6.11. The van der Waals surface area contributed by atoms with Crippen molar-refractivity contribution in [3.05, 3.63) is 0 Å². The molecule has 100 valence electrons. The van der Waals surface area contributed by atoms with E-state index in [0.717, 1.165) is 24.5 Å². The number of nitrogens with one attached hydrogen (secondary N) is 1. The average molecular weight is 238 g/mol. The maximum absolute atomic E-state index is 3.67. The van der Waals surface area contributed by atoms with Crippen LogP contribution in [-0.2, 0) is 0 Å². The highest BCUT2D eigenvalue weighted by Crippen LogP contribution is 2.28. The van der Waals surface area contributed by atoms with E-state index in [-0.39, 0.29) is 0 Å². The summed E-state index contributed by atoms with van der Waals surface area (Å²) in [4.78, 5) is 2.66. The van der Waals surface area contributed by atoms with Crippen molar-refractivity contribution in [3.63, 3.8) is 0 Å². The van der Waals surface area contributed by atoms with Crippen molar-refractivity contribution in [2.45, 2.75) is 70.4 Å². The summed E-state index contributed by atoms with van der Waals surface area (Å²) in [6.07, 6.45) is 11.6. The number of hydrogen-bond acceptors (Lipinski definition) is 2. The molecule has 0 aromatic carbocycles. The highest BCUT2D eigenvalue weighted by Gasteiger charge is 2.30. The van der Waals surface area contributed by atoms with E-state index < -0.39 is 0 Å². The summed E-state index contributed by atoms with van der Waals surface area (Å²) in [5, 5.41) is 3.67. The van der Waals surface area contributed by atoms with Crippen LogP contribution >= 0.6 is 0 Å². The van der Waals surface area contributed by atoms with Gasteiger partial charge in [-0.3, -0.25) is 0 Å². The first kappa shape index (κ1) is 13.4. The monoisotopic (exact) mass is 238 g/mol. The van der Waals surface area contributed by atoms with Crippen LogP contribution in [0, 0.1) is 5.92 Å². The Hall–Kier alpha value is -0.0800. The maximum Gasteiger partial charge on any atom is 0.0246 e. The molecule has 0 radical (unpaired) electrons. The van der Waals surface area contributed by atoms with E-state index in [4.69, 9.17) is 0 Å². The molecule has 2 aliphatic rings. The third kappa shape index (κ3) is 3.69. The van der Waals surface area contributed by atoms with Crippen LogP contribution in [0.5, 0.6) is 0 Å². The zero-order chi connectivity index (χ0) is 12.1. The minimum Gasteiger partial charge on any atom is -0.313 e. The lowest BCUT2D eigenvalue weighted by Crippen LogP contribution is -2.46. The van der Waals surface area contributed by atoms with Crippen LogP contribution in [0.4, 0.5) is 0 Å². The molecule has 2 aliphatic carbocycles. The molecule has 0 bridgehead atoms. The van der Waals surface area contributed by atoms with Crippen LogP contribution < -0.4 is 5.32 Å². The maximum atomic E-state index is 3.67. The van der Waals surface area contributed by atoms with Gasteiger partial charge in [0.2, 0.25) is 0 Å². The summed E-state index contributed by atoms with van der Waals surface area (Å²) < 4.78 is 0. The van der Waals surface area contributed by atoms with E-state index in [2.05, 4.69) is 24.2 Å². The topological polar surface area (TPSA) is 15.3 Å². The first-order chi connectivity index (χ1) is 8.31. The lowest BCUT2D eigenvalue weighted by Gasteiger charge is -2.34. The highest BCUT2D eigenvalue weighted by molar-refractivity contribution is 4.89. The summed E-state index contributed by atoms with van der Waals surface area (Å²) in [7, 11) is 2.36. The molecule has 2 unspecified atom stereocenters. The summed E-state index contributed by atoms with van der Waals surface area (Å²) >= 11 is 0. The highest BCUT2D eigenvalue weighted by atomic mass is 15.2. The number of hydrogen-bond donors (Lipinski definition) is 1. The van der Waals surface area contributed by atoms with Gasteiger partial charge in [-0.25, -0.2) is 0 Å². The molecule has 1 N–H and O–H groups in total. The van der Waals surface area contributed by atoms with E-state index in [1.165, 1.54) is 57.9 Å². The van der Waals surface area contributed by atoms with Gasteiger partial charge < -0.3 is 10.2 Å². The largest absolute Gasteiger partial charge is 0.313 e. The van der Waals surface area contributed by atoms with Crippen molar-refractivity contribution in [1.29, 1.82) is 0 Å². The summed E-state index contributed by atoms with van der Waals surface area (Å²) in [6, 6.07) is 1.56. The Balaban J connectivity index is 1.79. The number of nitrogens with zero attached hydrogens (tertiary/aromatic N) is 1. The van der Waals surface area contributed by atoms with Gasteiger partial charge in [-0.1, -0.05) is 32.6 Å². The summed E-state index contributed by atoms with van der Waals surface area (Å²) in [5.41, 5.74) is 0. The van der Waals surface area contributed by atoms with Gasteiger partial charge in [-0.15, -0.1) is 0 Å². The zero-order valence-electron chi connectivity index (χ0n) is 11.8. The standard InChI is InChI=1S/C15H30N2/c1-3-16-14-10-7-11-15(14)17(2)12-13-8-5-4-6-9-13/h13-16H,3-12H2,1-2H3. The van der Waals surface area contributed by atoms with Gasteiger partial charge in [0.05, 0.1) is 0 Å². The minimum absolute atomic E-state index is 0.758. The SMILES string of the molecule is CCNC1CCCC1N(C)CC1CCCCC1. The summed E-state index contributed by atoms with van der Waals surface area (Å²) in [6.45, 7) is 4.70. The van der Waals surface area contributed by atoms with Crippen molar-refractivity contribution in [1.82, 2.24) is 10.2 Å². The molecule has 0 amide bonds. The van der Waals surface area contributed by atoms with Gasteiger partial charge in [-0.2, -0.15) is 0 Å². The third-order valence-corrected chi connectivity index (χ3v) is 4.78. The van der Waals surface area contributed by atoms with Gasteiger partial charge in [0.15, 0.2) is 0 Å². The Bertz CT molecular complexity index is 211. The van der Waals surface area contributed by atoms with Gasteiger partial charge in [-0.05, 0) is 45.2 Å². The predicted molar refractivity (Wildman–Crippen MR) is 74.3 cm³/mol. The molecule has 0 aromatic heterocycles. The molecule has 0 spiro atoms. The van der Waals surface area contributed by atoms with Crippen molar-refractivity contribution < 1.29 is 0 Å². The number of likely N-dealkylation sites (N-methyl/N-ethyl adjacent to an activating group) is 2. The van der Waals surface area contributed by atoms with Crippen molar-refractivity contribution in [3.8, 4) is 0 Å². The first-order valence-corrected chi connectivity index (χ1v) is 7.75. The Kier molecular flexibility index (Phi) is 5.30. The molecule has 0 aromatic rings.